The van der Waals surface area contributed by atoms with E-state index in [2.05, 4.69) is 5.32 Å². The average molecular weight is 298 g/mol. The van der Waals surface area contributed by atoms with Crippen molar-refractivity contribution in [3.05, 3.63) is 40.4 Å². The Bertz CT molecular complexity index is 515. The molecule has 1 aliphatic carbocycles. The summed E-state index contributed by atoms with van der Waals surface area (Å²) in [6.07, 6.45) is 1.75. The van der Waals surface area contributed by atoms with Crippen molar-refractivity contribution in [1.82, 2.24) is 0 Å². The largest absolute Gasteiger partial charge is 0.326 e. The average Bonchev–Trinajstić information content (AvgIpc) is 2.83. The molecule has 1 aromatic carbocycles. The van der Waals surface area contributed by atoms with E-state index in [0.29, 0.717) is 0 Å². The van der Waals surface area contributed by atoms with Crippen molar-refractivity contribution >= 4 is 34.8 Å². The molecule has 4 heteroatoms. The number of halogens is 2. The first-order chi connectivity index (χ1) is 8.82. The Labute approximate surface area is 123 Å². The fraction of sp³-hybridized carbons (Fsp3) is 0.400. The Morgan fingerprint density at radius 2 is 1.84 bits per heavy atom. The van der Waals surface area contributed by atoms with E-state index in [-0.39, 0.29) is 27.6 Å². The summed E-state index contributed by atoms with van der Waals surface area (Å²) in [5.74, 6) is 0.0361. The van der Waals surface area contributed by atoms with Gasteiger partial charge in [0.2, 0.25) is 5.91 Å². The number of carbonyl (C=O) groups is 1. The van der Waals surface area contributed by atoms with Crippen LogP contribution in [0.15, 0.2) is 34.8 Å². The van der Waals surface area contributed by atoms with Crippen molar-refractivity contribution < 1.29 is 4.79 Å². The number of aryl methyl sites for hydroxylation is 1. The smallest absolute Gasteiger partial charge is 0.228 e. The standard InChI is InChI=1S/C15H17Cl2NO/c1-9-4-6-10(7-5-9)18-14(19)13-11(8-12(16)17)15(13,2)3/h4-8,11,13H,1-3H3,(H,18,19)/t11-,13-/m0/s1. The van der Waals surface area contributed by atoms with Crippen LogP contribution in [0.1, 0.15) is 19.4 Å². The Hall–Kier alpha value is -0.990. The number of hydrogen-bond acceptors (Lipinski definition) is 1. The molecule has 1 aliphatic rings. The topological polar surface area (TPSA) is 29.1 Å². The summed E-state index contributed by atoms with van der Waals surface area (Å²) < 4.78 is 0.226. The van der Waals surface area contributed by atoms with Gasteiger partial charge < -0.3 is 5.32 Å². The Balaban J connectivity index is 2.05. The summed E-state index contributed by atoms with van der Waals surface area (Å²) in [6.45, 7) is 6.10. The van der Waals surface area contributed by atoms with E-state index in [1.165, 1.54) is 5.56 Å². The minimum atomic E-state index is -0.0934. The molecule has 1 amide bonds. The van der Waals surface area contributed by atoms with E-state index in [0.717, 1.165) is 5.69 Å². The summed E-state index contributed by atoms with van der Waals surface area (Å²) in [4.78, 5) is 12.2. The number of carbonyl (C=O) groups excluding carboxylic acids is 1. The molecule has 19 heavy (non-hydrogen) atoms. The molecule has 102 valence electrons. The van der Waals surface area contributed by atoms with E-state index < -0.39 is 0 Å². The third-order valence-corrected chi connectivity index (χ3v) is 4.07. The summed E-state index contributed by atoms with van der Waals surface area (Å²) in [7, 11) is 0. The molecule has 0 radical (unpaired) electrons. The molecule has 0 heterocycles. The van der Waals surface area contributed by atoms with Crippen LogP contribution in [0.4, 0.5) is 5.69 Å². The lowest BCUT2D eigenvalue weighted by Gasteiger charge is -2.06. The molecule has 0 aromatic heterocycles. The summed E-state index contributed by atoms with van der Waals surface area (Å²) in [5.41, 5.74) is 1.89. The van der Waals surface area contributed by atoms with Crippen LogP contribution in [-0.4, -0.2) is 5.91 Å². The van der Waals surface area contributed by atoms with Crippen LogP contribution in [0.2, 0.25) is 0 Å². The van der Waals surface area contributed by atoms with Crippen LogP contribution in [0.5, 0.6) is 0 Å². The molecule has 0 bridgehead atoms. The minimum absolute atomic E-state index is 0.0182. The number of benzene rings is 1. The highest BCUT2D eigenvalue weighted by atomic mass is 35.5. The van der Waals surface area contributed by atoms with E-state index in [1.54, 1.807) is 6.08 Å². The Morgan fingerprint density at radius 3 is 2.37 bits per heavy atom. The van der Waals surface area contributed by atoms with Gasteiger partial charge in [-0.3, -0.25) is 4.79 Å². The highest BCUT2D eigenvalue weighted by Crippen LogP contribution is 2.59. The minimum Gasteiger partial charge on any atom is -0.326 e. The maximum Gasteiger partial charge on any atom is 0.228 e. The predicted octanol–water partition coefficient (Wildman–Crippen LogP) is 4.52. The molecule has 1 N–H and O–H groups in total. The molecule has 0 saturated heterocycles. The van der Waals surface area contributed by atoms with Crippen LogP contribution in [0, 0.1) is 24.2 Å². The maximum absolute atomic E-state index is 12.2. The lowest BCUT2D eigenvalue weighted by molar-refractivity contribution is -0.118. The molecule has 2 nitrogen and oxygen atoms in total. The van der Waals surface area contributed by atoms with Gasteiger partial charge in [0, 0.05) is 5.69 Å². The summed E-state index contributed by atoms with van der Waals surface area (Å²) in [6, 6.07) is 7.76. The van der Waals surface area contributed by atoms with Crippen LogP contribution >= 0.6 is 23.2 Å². The molecule has 1 saturated carbocycles. The number of hydrogen-bond donors (Lipinski definition) is 1. The van der Waals surface area contributed by atoms with E-state index in [9.17, 15) is 4.79 Å². The van der Waals surface area contributed by atoms with Crippen LogP contribution < -0.4 is 5.32 Å². The van der Waals surface area contributed by atoms with Crippen molar-refractivity contribution in [3.63, 3.8) is 0 Å². The first-order valence-electron chi connectivity index (χ1n) is 6.22. The predicted molar refractivity (Wildman–Crippen MR) is 80.4 cm³/mol. The molecule has 1 fully saturated rings. The van der Waals surface area contributed by atoms with Crippen molar-refractivity contribution in [2.75, 3.05) is 5.32 Å². The molecule has 2 atom stereocenters. The molecule has 0 spiro atoms. The quantitative estimate of drug-likeness (QED) is 0.873. The summed E-state index contributed by atoms with van der Waals surface area (Å²) in [5, 5.41) is 2.94. The van der Waals surface area contributed by atoms with E-state index in [1.807, 2.05) is 45.0 Å². The van der Waals surface area contributed by atoms with Gasteiger partial charge in [-0.1, -0.05) is 54.7 Å². The number of allylic oxidation sites excluding steroid dienone is 1. The first-order valence-corrected chi connectivity index (χ1v) is 6.98. The second-order valence-corrected chi connectivity index (χ2v) is 6.64. The number of amides is 1. The molecule has 2 rings (SSSR count). The van der Waals surface area contributed by atoms with Gasteiger partial charge in [-0.15, -0.1) is 0 Å². The van der Waals surface area contributed by atoms with Crippen LogP contribution in [0.25, 0.3) is 0 Å². The van der Waals surface area contributed by atoms with Gasteiger partial charge in [-0.05, 0) is 36.5 Å². The molecular weight excluding hydrogens is 281 g/mol. The number of anilines is 1. The maximum atomic E-state index is 12.2. The SMILES string of the molecule is Cc1ccc(NC(=O)[C@@H]2[C@H](C=C(Cl)Cl)C2(C)C)cc1. The third kappa shape index (κ3) is 3.13. The molecule has 0 aliphatic heterocycles. The zero-order chi connectivity index (χ0) is 14.2. The van der Waals surface area contributed by atoms with Gasteiger partial charge in [0.1, 0.15) is 4.49 Å². The summed E-state index contributed by atoms with van der Waals surface area (Å²) >= 11 is 11.4. The zero-order valence-electron chi connectivity index (χ0n) is 11.2. The lowest BCUT2D eigenvalue weighted by atomic mass is 10.1. The number of nitrogens with one attached hydrogen (secondary N) is 1. The van der Waals surface area contributed by atoms with E-state index >= 15 is 0 Å². The lowest BCUT2D eigenvalue weighted by Crippen LogP contribution is -2.16. The van der Waals surface area contributed by atoms with Gasteiger partial charge >= 0.3 is 0 Å². The molecule has 1 aromatic rings. The third-order valence-electron chi connectivity index (χ3n) is 3.82. The van der Waals surface area contributed by atoms with Crippen LogP contribution in [0.3, 0.4) is 0 Å². The van der Waals surface area contributed by atoms with E-state index in [4.69, 9.17) is 23.2 Å². The van der Waals surface area contributed by atoms with Crippen LogP contribution in [-0.2, 0) is 4.79 Å². The Morgan fingerprint density at radius 1 is 1.26 bits per heavy atom. The first kappa shape index (κ1) is 14.4. The zero-order valence-corrected chi connectivity index (χ0v) is 12.7. The van der Waals surface area contributed by atoms with Gasteiger partial charge in [-0.2, -0.15) is 0 Å². The highest BCUT2D eigenvalue weighted by Gasteiger charge is 2.60. The second kappa shape index (κ2) is 5.18. The normalized spacial score (nSPS) is 23.6. The fourth-order valence-corrected chi connectivity index (χ4v) is 2.75. The second-order valence-electron chi connectivity index (χ2n) is 5.64. The van der Waals surface area contributed by atoms with Gasteiger partial charge in [0.25, 0.3) is 0 Å². The van der Waals surface area contributed by atoms with Crippen molar-refractivity contribution in [3.8, 4) is 0 Å². The fourth-order valence-electron chi connectivity index (χ4n) is 2.48. The van der Waals surface area contributed by atoms with Gasteiger partial charge in [0.15, 0.2) is 0 Å². The van der Waals surface area contributed by atoms with Crippen molar-refractivity contribution in [1.29, 1.82) is 0 Å². The molecular formula is C15H17Cl2NO. The highest BCUT2D eigenvalue weighted by molar-refractivity contribution is 6.55. The van der Waals surface area contributed by atoms with Crippen molar-refractivity contribution in [2.24, 2.45) is 17.3 Å². The number of rotatable bonds is 3. The van der Waals surface area contributed by atoms with Crippen molar-refractivity contribution in [2.45, 2.75) is 20.8 Å². The van der Waals surface area contributed by atoms with Gasteiger partial charge in [0.05, 0.1) is 5.92 Å². The monoisotopic (exact) mass is 297 g/mol. The Kier molecular flexibility index (Phi) is 3.93. The molecule has 0 unspecified atom stereocenters. The van der Waals surface area contributed by atoms with Gasteiger partial charge in [-0.25, -0.2) is 0 Å².